The summed E-state index contributed by atoms with van der Waals surface area (Å²) in [7, 11) is 0. The molecule has 1 unspecified atom stereocenters. The van der Waals surface area contributed by atoms with E-state index in [0.717, 1.165) is 4.57 Å². The second-order valence-corrected chi connectivity index (χ2v) is 3.80. The standard InChI is InChI=1S/C10H17N3O3/c1-3-4-12-9(15)5-8(11)13(10(12)16)6-7(2)14/h5,7,14H,3-4,6,11H2,1-2H3. The SMILES string of the molecule is CCCn1c(=O)cc(N)n(CC(C)O)c1=O. The fraction of sp³-hybridized carbons (Fsp3) is 0.600. The maximum atomic E-state index is 11.9. The second-order valence-electron chi connectivity index (χ2n) is 3.80. The number of nitrogens with two attached hydrogens (primary N) is 1. The molecule has 1 atom stereocenters. The first-order chi connectivity index (χ1) is 7.47. The van der Waals surface area contributed by atoms with Crippen molar-refractivity contribution in [2.75, 3.05) is 5.73 Å². The largest absolute Gasteiger partial charge is 0.392 e. The third kappa shape index (κ3) is 2.52. The molecular weight excluding hydrogens is 210 g/mol. The first-order valence-electron chi connectivity index (χ1n) is 5.25. The Morgan fingerprint density at radius 3 is 2.56 bits per heavy atom. The lowest BCUT2D eigenvalue weighted by molar-refractivity contribution is 0.171. The van der Waals surface area contributed by atoms with Crippen molar-refractivity contribution < 1.29 is 5.11 Å². The molecule has 1 rings (SSSR count). The summed E-state index contributed by atoms with van der Waals surface area (Å²) in [6, 6.07) is 1.21. The molecule has 1 aromatic rings. The first kappa shape index (κ1) is 12.5. The van der Waals surface area contributed by atoms with Gasteiger partial charge in [-0.1, -0.05) is 6.92 Å². The summed E-state index contributed by atoms with van der Waals surface area (Å²) in [5, 5.41) is 9.24. The van der Waals surface area contributed by atoms with Gasteiger partial charge in [-0.3, -0.25) is 13.9 Å². The molecule has 1 heterocycles. The number of nitrogens with zero attached hydrogens (tertiary/aromatic N) is 2. The summed E-state index contributed by atoms with van der Waals surface area (Å²) < 4.78 is 2.33. The quantitative estimate of drug-likeness (QED) is 0.717. The lowest BCUT2D eigenvalue weighted by Gasteiger charge is -2.13. The van der Waals surface area contributed by atoms with E-state index in [1.165, 1.54) is 10.6 Å². The molecule has 0 saturated carbocycles. The van der Waals surface area contributed by atoms with E-state index in [0.29, 0.717) is 13.0 Å². The molecule has 0 amide bonds. The third-order valence-corrected chi connectivity index (χ3v) is 2.20. The second kappa shape index (κ2) is 4.98. The van der Waals surface area contributed by atoms with Gasteiger partial charge < -0.3 is 10.8 Å². The highest BCUT2D eigenvalue weighted by Gasteiger charge is 2.10. The highest BCUT2D eigenvalue weighted by molar-refractivity contribution is 5.26. The van der Waals surface area contributed by atoms with Gasteiger partial charge >= 0.3 is 5.69 Å². The van der Waals surface area contributed by atoms with Crippen molar-refractivity contribution in [3.63, 3.8) is 0 Å². The average Bonchev–Trinajstić information content (AvgIpc) is 2.19. The summed E-state index contributed by atoms with van der Waals surface area (Å²) in [4.78, 5) is 23.4. The predicted molar refractivity (Wildman–Crippen MR) is 61.3 cm³/mol. The van der Waals surface area contributed by atoms with Crippen LogP contribution in [0.25, 0.3) is 0 Å². The number of hydrogen-bond acceptors (Lipinski definition) is 4. The topological polar surface area (TPSA) is 90.2 Å². The summed E-state index contributed by atoms with van der Waals surface area (Å²) >= 11 is 0. The van der Waals surface area contributed by atoms with Crippen LogP contribution < -0.4 is 17.0 Å². The Bertz CT molecular complexity index is 473. The molecule has 0 aromatic carbocycles. The van der Waals surface area contributed by atoms with Crippen LogP contribution in [0.15, 0.2) is 15.7 Å². The van der Waals surface area contributed by atoms with E-state index >= 15 is 0 Å². The van der Waals surface area contributed by atoms with E-state index in [1.54, 1.807) is 6.92 Å². The van der Waals surface area contributed by atoms with Crippen LogP contribution in [0.4, 0.5) is 5.82 Å². The minimum atomic E-state index is -0.687. The van der Waals surface area contributed by atoms with E-state index in [1.807, 2.05) is 6.92 Å². The van der Waals surface area contributed by atoms with E-state index < -0.39 is 17.4 Å². The van der Waals surface area contributed by atoms with Crippen molar-refractivity contribution in [3.8, 4) is 0 Å². The number of hydrogen-bond donors (Lipinski definition) is 2. The fourth-order valence-electron chi connectivity index (χ4n) is 1.51. The van der Waals surface area contributed by atoms with E-state index in [4.69, 9.17) is 5.73 Å². The minimum absolute atomic E-state index is 0.0863. The van der Waals surface area contributed by atoms with Gasteiger partial charge in [0, 0.05) is 12.6 Å². The van der Waals surface area contributed by atoms with Crippen LogP contribution in [-0.4, -0.2) is 20.3 Å². The smallest absolute Gasteiger partial charge is 0.332 e. The fourth-order valence-corrected chi connectivity index (χ4v) is 1.51. The molecular formula is C10H17N3O3. The van der Waals surface area contributed by atoms with Gasteiger partial charge in [-0.05, 0) is 13.3 Å². The Hall–Kier alpha value is -1.56. The highest BCUT2D eigenvalue weighted by atomic mass is 16.3. The highest BCUT2D eigenvalue weighted by Crippen LogP contribution is 1.96. The molecule has 6 heteroatoms. The van der Waals surface area contributed by atoms with Crippen LogP contribution >= 0.6 is 0 Å². The van der Waals surface area contributed by atoms with Crippen LogP contribution in [0.1, 0.15) is 20.3 Å². The van der Waals surface area contributed by atoms with E-state index in [2.05, 4.69) is 0 Å². The summed E-state index contributed by atoms with van der Waals surface area (Å²) in [6.45, 7) is 3.88. The molecule has 90 valence electrons. The zero-order valence-corrected chi connectivity index (χ0v) is 9.51. The molecule has 0 saturated heterocycles. The number of aliphatic hydroxyl groups is 1. The monoisotopic (exact) mass is 227 g/mol. The van der Waals surface area contributed by atoms with Crippen LogP contribution in [-0.2, 0) is 13.1 Å². The summed E-state index contributed by atoms with van der Waals surface area (Å²) in [6.07, 6.45) is 0.000810. The molecule has 0 aliphatic rings. The van der Waals surface area contributed by atoms with Crippen molar-refractivity contribution in [3.05, 3.63) is 26.9 Å². The Morgan fingerprint density at radius 1 is 1.44 bits per heavy atom. The summed E-state index contributed by atoms with van der Waals surface area (Å²) in [5.41, 5.74) is 4.71. The molecule has 0 fully saturated rings. The molecule has 16 heavy (non-hydrogen) atoms. The van der Waals surface area contributed by atoms with Gasteiger partial charge in [-0.15, -0.1) is 0 Å². The Labute approximate surface area is 92.9 Å². The Balaban J connectivity index is 3.33. The maximum Gasteiger partial charge on any atom is 0.332 e. The maximum absolute atomic E-state index is 11.9. The molecule has 0 aliphatic heterocycles. The van der Waals surface area contributed by atoms with Gasteiger partial charge in [0.1, 0.15) is 5.82 Å². The van der Waals surface area contributed by atoms with Gasteiger partial charge in [0.05, 0.1) is 12.6 Å². The van der Waals surface area contributed by atoms with Crippen molar-refractivity contribution in [2.45, 2.75) is 39.5 Å². The average molecular weight is 227 g/mol. The van der Waals surface area contributed by atoms with E-state index in [-0.39, 0.29) is 12.4 Å². The predicted octanol–water partition coefficient (Wildman–Crippen LogP) is -0.617. The molecule has 0 spiro atoms. The van der Waals surface area contributed by atoms with Crippen LogP contribution in [0.5, 0.6) is 0 Å². The van der Waals surface area contributed by atoms with Gasteiger partial charge in [-0.2, -0.15) is 0 Å². The number of anilines is 1. The zero-order chi connectivity index (χ0) is 12.3. The van der Waals surface area contributed by atoms with Gasteiger partial charge in [0.2, 0.25) is 0 Å². The Morgan fingerprint density at radius 2 is 2.06 bits per heavy atom. The molecule has 0 bridgehead atoms. The lowest BCUT2D eigenvalue weighted by Crippen LogP contribution is -2.41. The molecule has 0 aliphatic carbocycles. The number of aliphatic hydroxyl groups excluding tert-OH is 1. The van der Waals surface area contributed by atoms with E-state index in [9.17, 15) is 14.7 Å². The molecule has 0 radical (unpaired) electrons. The van der Waals surface area contributed by atoms with Crippen molar-refractivity contribution in [2.24, 2.45) is 0 Å². The third-order valence-electron chi connectivity index (χ3n) is 2.20. The van der Waals surface area contributed by atoms with Crippen molar-refractivity contribution in [1.82, 2.24) is 9.13 Å². The van der Waals surface area contributed by atoms with Gasteiger partial charge in [0.15, 0.2) is 0 Å². The van der Waals surface area contributed by atoms with Gasteiger partial charge in [-0.25, -0.2) is 4.79 Å². The Kier molecular flexibility index (Phi) is 3.89. The molecule has 1 aromatic heterocycles. The van der Waals surface area contributed by atoms with Crippen LogP contribution in [0.2, 0.25) is 0 Å². The minimum Gasteiger partial charge on any atom is -0.392 e. The lowest BCUT2D eigenvalue weighted by atomic mass is 10.4. The normalized spacial score (nSPS) is 12.7. The summed E-state index contributed by atoms with van der Waals surface area (Å²) in [5.74, 6) is 0.0863. The number of nitrogen functional groups attached to an aromatic ring is 1. The van der Waals surface area contributed by atoms with Crippen LogP contribution in [0, 0.1) is 0 Å². The first-order valence-corrected chi connectivity index (χ1v) is 5.25. The number of aromatic nitrogens is 2. The molecule has 3 N–H and O–H groups in total. The number of rotatable bonds is 4. The zero-order valence-electron chi connectivity index (χ0n) is 9.51. The molecule has 6 nitrogen and oxygen atoms in total. The van der Waals surface area contributed by atoms with Crippen LogP contribution in [0.3, 0.4) is 0 Å². The van der Waals surface area contributed by atoms with Crippen molar-refractivity contribution in [1.29, 1.82) is 0 Å². The van der Waals surface area contributed by atoms with Gasteiger partial charge in [0.25, 0.3) is 5.56 Å². The van der Waals surface area contributed by atoms with Crippen molar-refractivity contribution >= 4 is 5.82 Å².